The van der Waals surface area contributed by atoms with Crippen molar-refractivity contribution < 1.29 is 14.7 Å². The van der Waals surface area contributed by atoms with E-state index in [-0.39, 0.29) is 6.42 Å². The molecule has 0 fully saturated rings. The lowest BCUT2D eigenvalue weighted by atomic mass is 10.2. The summed E-state index contributed by atoms with van der Waals surface area (Å²) in [7, 11) is 0. The van der Waals surface area contributed by atoms with Gasteiger partial charge in [-0.1, -0.05) is 15.9 Å². The van der Waals surface area contributed by atoms with Crippen molar-refractivity contribution in [2.45, 2.75) is 19.4 Å². The Morgan fingerprint density at radius 3 is 2.71 bits per heavy atom. The van der Waals surface area contributed by atoms with Crippen molar-refractivity contribution in [3.8, 4) is 0 Å². The van der Waals surface area contributed by atoms with Crippen LogP contribution < -0.4 is 11.1 Å². The van der Waals surface area contributed by atoms with Crippen molar-refractivity contribution >= 4 is 33.5 Å². The van der Waals surface area contributed by atoms with Crippen molar-refractivity contribution in [3.63, 3.8) is 0 Å². The van der Waals surface area contributed by atoms with Gasteiger partial charge in [-0.2, -0.15) is 0 Å². The third-order valence-electron chi connectivity index (χ3n) is 2.16. The molecular weight excluding hydrogens is 288 g/mol. The van der Waals surface area contributed by atoms with Crippen LogP contribution in [-0.2, 0) is 9.59 Å². The molecule has 6 heteroatoms. The molecule has 0 spiro atoms. The highest BCUT2D eigenvalue weighted by atomic mass is 79.9. The van der Waals surface area contributed by atoms with Crippen LogP contribution >= 0.6 is 15.9 Å². The first-order valence-corrected chi connectivity index (χ1v) is 5.74. The van der Waals surface area contributed by atoms with Crippen molar-refractivity contribution in [2.24, 2.45) is 5.73 Å². The summed E-state index contributed by atoms with van der Waals surface area (Å²) >= 11 is 3.34. The van der Waals surface area contributed by atoms with Gasteiger partial charge in [-0.15, -0.1) is 0 Å². The standard InChI is InChI=1S/C11H13BrN2O3/c1-6-4-7(2-3-8(6)12)14-10(15)5-9(13)11(16)17/h2-4,9H,5,13H2,1H3,(H,14,15)(H,16,17). The molecule has 1 aromatic rings. The molecule has 0 aliphatic heterocycles. The highest BCUT2D eigenvalue weighted by Gasteiger charge is 2.16. The number of aliphatic carboxylic acids is 1. The number of carboxylic acid groups (broad SMARTS) is 1. The van der Waals surface area contributed by atoms with Crippen molar-refractivity contribution in [1.29, 1.82) is 0 Å². The van der Waals surface area contributed by atoms with Gasteiger partial charge < -0.3 is 16.2 Å². The van der Waals surface area contributed by atoms with Crippen LogP contribution in [0.15, 0.2) is 22.7 Å². The minimum atomic E-state index is -1.19. The Morgan fingerprint density at radius 1 is 1.53 bits per heavy atom. The number of hydrogen-bond acceptors (Lipinski definition) is 3. The van der Waals surface area contributed by atoms with E-state index < -0.39 is 17.9 Å². The fraction of sp³-hybridized carbons (Fsp3) is 0.273. The predicted octanol–water partition coefficient (Wildman–Crippen LogP) is 1.50. The summed E-state index contributed by atoms with van der Waals surface area (Å²) in [5.74, 6) is -1.60. The summed E-state index contributed by atoms with van der Waals surface area (Å²) in [6.45, 7) is 1.89. The molecule has 0 radical (unpaired) electrons. The summed E-state index contributed by atoms with van der Waals surface area (Å²) in [6.07, 6.45) is -0.246. The zero-order chi connectivity index (χ0) is 13.0. The Labute approximate surface area is 107 Å². The molecule has 0 aromatic heterocycles. The minimum Gasteiger partial charge on any atom is -0.480 e. The highest BCUT2D eigenvalue weighted by Crippen LogP contribution is 2.20. The first-order valence-electron chi connectivity index (χ1n) is 4.94. The maximum Gasteiger partial charge on any atom is 0.321 e. The van der Waals surface area contributed by atoms with Gasteiger partial charge in [-0.25, -0.2) is 0 Å². The van der Waals surface area contributed by atoms with Crippen LogP contribution in [0.4, 0.5) is 5.69 Å². The predicted molar refractivity (Wildman–Crippen MR) is 67.7 cm³/mol. The quantitative estimate of drug-likeness (QED) is 0.785. The van der Waals surface area contributed by atoms with Gasteiger partial charge in [0.1, 0.15) is 6.04 Å². The van der Waals surface area contributed by atoms with Crippen LogP contribution in [-0.4, -0.2) is 23.0 Å². The molecule has 1 amide bonds. The topological polar surface area (TPSA) is 92.4 Å². The van der Waals surface area contributed by atoms with Gasteiger partial charge in [-0.3, -0.25) is 9.59 Å². The number of rotatable bonds is 4. The van der Waals surface area contributed by atoms with E-state index in [1.54, 1.807) is 12.1 Å². The molecule has 0 heterocycles. The molecule has 4 N–H and O–H groups in total. The summed E-state index contributed by atoms with van der Waals surface area (Å²) in [6, 6.07) is 4.14. The van der Waals surface area contributed by atoms with Gasteiger partial charge in [0.2, 0.25) is 5.91 Å². The second-order valence-electron chi connectivity index (χ2n) is 3.66. The van der Waals surface area contributed by atoms with Crippen molar-refractivity contribution in [3.05, 3.63) is 28.2 Å². The molecule has 1 atom stereocenters. The monoisotopic (exact) mass is 300 g/mol. The first kappa shape index (κ1) is 13.7. The zero-order valence-corrected chi connectivity index (χ0v) is 10.8. The van der Waals surface area contributed by atoms with Crippen LogP contribution in [0, 0.1) is 6.92 Å². The first-order chi connectivity index (χ1) is 7.90. The van der Waals surface area contributed by atoms with Crippen LogP contribution in [0.1, 0.15) is 12.0 Å². The van der Waals surface area contributed by atoms with Gasteiger partial charge in [0, 0.05) is 10.2 Å². The van der Waals surface area contributed by atoms with Crippen LogP contribution in [0.3, 0.4) is 0 Å². The number of carboxylic acids is 1. The number of halogens is 1. The Bertz CT molecular complexity index is 448. The van der Waals surface area contributed by atoms with Gasteiger partial charge in [0.05, 0.1) is 6.42 Å². The Balaban J connectivity index is 2.62. The summed E-state index contributed by atoms with van der Waals surface area (Å²) in [4.78, 5) is 21.9. The zero-order valence-electron chi connectivity index (χ0n) is 9.24. The molecule has 0 bridgehead atoms. The van der Waals surface area contributed by atoms with Crippen LogP contribution in [0.2, 0.25) is 0 Å². The number of aryl methyl sites for hydroxylation is 1. The number of amides is 1. The normalized spacial score (nSPS) is 11.9. The van der Waals surface area contributed by atoms with Crippen LogP contribution in [0.25, 0.3) is 0 Å². The average Bonchev–Trinajstić information content (AvgIpc) is 2.23. The minimum absolute atomic E-state index is 0.246. The average molecular weight is 301 g/mol. The van der Waals surface area contributed by atoms with E-state index in [0.717, 1.165) is 10.0 Å². The van der Waals surface area contributed by atoms with Crippen LogP contribution in [0.5, 0.6) is 0 Å². The molecule has 5 nitrogen and oxygen atoms in total. The van der Waals surface area contributed by atoms with E-state index in [9.17, 15) is 9.59 Å². The summed E-state index contributed by atoms with van der Waals surface area (Å²) in [5.41, 5.74) is 6.85. The second-order valence-corrected chi connectivity index (χ2v) is 4.52. The lowest BCUT2D eigenvalue weighted by Gasteiger charge is -2.09. The molecule has 0 saturated carbocycles. The lowest BCUT2D eigenvalue weighted by Crippen LogP contribution is -2.34. The van der Waals surface area contributed by atoms with Gasteiger partial charge >= 0.3 is 5.97 Å². The number of nitrogens with two attached hydrogens (primary N) is 1. The lowest BCUT2D eigenvalue weighted by molar-refractivity contribution is -0.140. The number of carbonyl (C=O) groups is 2. The Hall–Kier alpha value is -1.40. The third kappa shape index (κ3) is 4.16. The fourth-order valence-corrected chi connectivity index (χ4v) is 1.47. The van der Waals surface area contributed by atoms with E-state index in [1.807, 2.05) is 13.0 Å². The van der Waals surface area contributed by atoms with E-state index in [0.29, 0.717) is 5.69 Å². The molecular formula is C11H13BrN2O3. The third-order valence-corrected chi connectivity index (χ3v) is 3.05. The number of carbonyl (C=O) groups excluding carboxylic acids is 1. The molecule has 1 unspecified atom stereocenters. The van der Waals surface area contributed by atoms with Crippen molar-refractivity contribution in [1.82, 2.24) is 0 Å². The summed E-state index contributed by atoms with van der Waals surface area (Å²) < 4.78 is 0.942. The molecule has 0 saturated heterocycles. The van der Waals surface area contributed by atoms with E-state index in [2.05, 4.69) is 21.2 Å². The maximum atomic E-state index is 11.5. The molecule has 0 aliphatic rings. The number of nitrogens with one attached hydrogen (secondary N) is 1. The summed E-state index contributed by atoms with van der Waals surface area (Å²) in [5, 5.41) is 11.2. The largest absolute Gasteiger partial charge is 0.480 e. The fourth-order valence-electron chi connectivity index (χ4n) is 1.22. The number of anilines is 1. The number of hydrogen-bond donors (Lipinski definition) is 3. The van der Waals surface area contributed by atoms with E-state index in [4.69, 9.17) is 10.8 Å². The van der Waals surface area contributed by atoms with Gasteiger partial charge in [0.15, 0.2) is 0 Å². The maximum absolute atomic E-state index is 11.5. The van der Waals surface area contributed by atoms with E-state index >= 15 is 0 Å². The smallest absolute Gasteiger partial charge is 0.321 e. The molecule has 92 valence electrons. The SMILES string of the molecule is Cc1cc(NC(=O)CC(N)C(=O)O)ccc1Br. The van der Waals surface area contributed by atoms with E-state index in [1.165, 1.54) is 0 Å². The highest BCUT2D eigenvalue weighted by molar-refractivity contribution is 9.10. The van der Waals surface area contributed by atoms with Crippen molar-refractivity contribution in [2.75, 3.05) is 5.32 Å². The molecule has 17 heavy (non-hydrogen) atoms. The second kappa shape index (κ2) is 5.79. The molecule has 1 rings (SSSR count). The number of benzene rings is 1. The van der Waals surface area contributed by atoms with Gasteiger partial charge in [0.25, 0.3) is 0 Å². The Morgan fingerprint density at radius 2 is 2.18 bits per heavy atom. The van der Waals surface area contributed by atoms with Gasteiger partial charge in [-0.05, 0) is 30.7 Å². The molecule has 0 aliphatic carbocycles. The Kier molecular flexibility index (Phi) is 4.65. The molecule has 1 aromatic carbocycles.